The standard InChI is InChI=1S/C22H21N5O2/c1-29-13-12-24-22(28)16-7-5-6-15(14-16)20-26-18-10-11-23-21(19(18)27-20)25-17-8-3-2-4-9-17/h2-11,14H,12-13H2,1H3,(H,23,25)(H,24,28)(H,26,27). The Labute approximate surface area is 168 Å². The highest BCUT2D eigenvalue weighted by atomic mass is 16.5. The number of fused-ring (bicyclic) bond motifs is 1. The molecule has 0 aliphatic heterocycles. The van der Waals surface area contributed by atoms with Crippen molar-refractivity contribution in [1.82, 2.24) is 20.3 Å². The Kier molecular flexibility index (Phi) is 5.49. The van der Waals surface area contributed by atoms with Crippen LogP contribution in [0.1, 0.15) is 10.4 Å². The van der Waals surface area contributed by atoms with E-state index in [9.17, 15) is 4.79 Å². The van der Waals surface area contributed by atoms with E-state index in [2.05, 4.69) is 20.6 Å². The van der Waals surface area contributed by atoms with E-state index in [-0.39, 0.29) is 5.91 Å². The topological polar surface area (TPSA) is 91.9 Å². The van der Waals surface area contributed by atoms with E-state index < -0.39 is 0 Å². The molecule has 2 aromatic heterocycles. The van der Waals surface area contributed by atoms with E-state index in [4.69, 9.17) is 9.72 Å². The molecule has 0 saturated heterocycles. The van der Waals surface area contributed by atoms with Gasteiger partial charge >= 0.3 is 0 Å². The molecule has 0 aliphatic rings. The second kappa shape index (κ2) is 8.53. The van der Waals surface area contributed by atoms with Gasteiger partial charge in [0.1, 0.15) is 11.3 Å². The number of rotatable bonds is 7. The molecule has 0 bridgehead atoms. The normalized spacial score (nSPS) is 10.8. The summed E-state index contributed by atoms with van der Waals surface area (Å²) in [5.41, 5.74) is 3.93. The number of nitrogens with zero attached hydrogens (tertiary/aromatic N) is 2. The van der Waals surface area contributed by atoms with Crippen molar-refractivity contribution < 1.29 is 9.53 Å². The lowest BCUT2D eigenvalue weighted by Gasteiger charge is -2.05. The third-order valence-corrected chi connectivity index (χ3v) is 4.43. The molecule has 0 spiro atoms. The van der Waals surface area contributed by atoms with E-state index in [1.165, 1.54) is 0 Å². The van der Waals surface area contributed by atoms with Gasteiger partial charge in [-0.3, -0.25) is 4.79 Å². The Morgan fingerprint density at radius 1 is 1.10 bits per heavy atom. The zero-order chi connectivity index (χ0) is 20.1. The molecule has 2 heterocycles. The quantitative estimate of drug-likeness (QED) is 0.420. The average Bonchev–Trinajstić information content (AvgIpc) is 3.20. The Hall–Kier alpha value is -3.71. The van der Waals surface area contributed by atoms with Crippen LogP contribution in [0.5, 0.6) is 0 Å². The van der Waals surface area contributed by atoms with Gasteiger partial charge in [0.15, 0.2) is 5.82 Å². The van der Waals surface area contributed by atoms with Crippen LogP contribution in [0.25, 0.3) is 22.4 Å². The van der Waals surface area contributed by atoms with Gasteiger partial charge in [0.25, 0.3) is 5.91 Å². The number of ether oxygens (including phenoxy) is 1. The van der Waals surface area contributed by atoms with Gasteiger partial charge in [0.2, 0.25) is 0 Å². The molecule has 7 heteroatoms. The number of para-hydroxylation sites is 1. The van der Waals surface area contributed by atoms with Crippen molar-refractivity contribution in [3.8, 4) is 11.4 Å². The van der Waals surface area contributed by atoms with E-state index in [1.54, 1.807) is 19.4 Å². The van der Waals surface area contributed by atoms with Crippen LogP contribution in [0.15, 0.2) is 66.9 Å². The third-order valence-electron chi connectivity index (χ3n) is 4.43. The summed E-state index contributed by atoms with van der Waals surface area (Å²) in [6.07, 6.45) is 1.73. The Bertz CT molecular complexity index is 1120. The van der Waals surface area contributed by atoms with Gasteiger partial charge in [-0.1, -0.05) is 30.3 Å². The van der Waals surface area contributed by atoms with Crippen molar-refractivity contribution in [1.29, 1.82) is 0 Å². The summed E-state index contributed by atoms with van der Waals surface area (Å²) in [7, 11) is 1.60. The minimum absolute atomic E-state index is 0.145. The second-order valence-electron chi connectivity index (χ2n) is 6.46. The van der Waals surface area contributed by atoms with E-state index >= 15 is 0 Å². The summed E-state index contributed by atoms with van der Waals surface area (Å²) in [5.74, 6) is 1.20. The summed E-state index contributed by atoms with van der Waals surface area (Å²) < 4.78 is 4.97. The van der Waals surface area contributed by atoms with Crippen LogP contribution in [-0.2, 0) is 4.74 Å². The molecule has 29 heavy (non-hydrogen) atoms. The summed E-state index contributed by atoms with van der Waals surface area (Å²) in [5, 5.41) is 6.13. The lowest BCUT2D eigenvalue weighted by molar-refractivity contribution is 0.0937. The number of anilines is 2. The van der Waals surface area contributed by atoms with Gasteiger partial charge in [0, 0.05) is 36.7 Å². The number of nitrogens with one attached hydrogen (secondary N) is 3. The fourth-order valence-electron chi connectivity index (χ4n) is 3.00. The number of aromatic nitrogens is 3. The van der Waals surface area contributed by atoms with Crippen LogP contribution in [-0.4, -0.2) is 41.1 Å². The lowest BCUT2D eigenvalue weighted by atomic mass is 10.1. The van der Waals surface area contributed by atoms with E-state index in [0.29, 0.717) is 30.4 Å². The third kappa shape index (κ3) is 4.25. The van der Waals surface area contributed by atoms with Crippen LogP contribution < -0.4 is 10.6 Å². The molecule has 0 radical (unpaired) electrons. The molecular weight excluding hydrogens is 366 g/mol. The fourth-order valence-corrected chi connectivity index (χ4v) is 3.00. The minimum Gasteiger partial charge on any atom is -0.383 e. The predicted molar refractivity (Wildman–Crippen MR) is 113 cm³/mol. The molecule has 0 aliphatic carbocycles. The molecule has 1 amide bonds. The molecule has 0 saturated carbocycles. The first-order chi connectivity index (χ1) is 14.2. The first-order valence-electron chi connectivity index (χ1n) is 9.29. The van der Waals surface area contributed by atoms with Gasteiger partial charge in [-0.05, 0) is 30.3 Å². The van der Waals surface area contributed by atoms with Crippen LogP contribution in [0.4, 0.5) is 11.5 Å². The smallest absolute Gasteiger partial charge is 0.251 e. The number of benzene rings is 2. The van der Waals surface area contributed by atoms with Crippen molar-refractivity contribution in [3.63, 3.8) is 0 Å². The molecule has 4 aromatic rings. The van der Waals surface area contributed by atoms with Gasteiger partial charge in [-0.2, -0.15) is 0 Å². The number of aromatic amines is 1. The van der Waals surface area contributed by atoms with Gasteiger partial charge in [-0.15, -0.1) is 0 Å². The SMILES string of the molecule is COCCNC(=O)c1cccc(-c2nc3c(Nc4ccccc4)nccc3[nH]2)c1. The first kappa shape index (κ1) is 18.6. The zero-order valence-electron chi connectivity index (χ0n) is 16.0. The van der Waals surface area contributed by atoms with Gasteiger partial charge in [0.05, 0.1) is 12.1 Å². The highest BCUT2D eigenvalue weighted by Gasteiger charge is 2.12. The van der Waals surface area contributed by atoms with Crippen LogP contribution in [0.3, 0.4) is 0 Å². The van der Waals surface area contributed by atoms with Crippen molar-refractivity contribution in [2.45, 2.75) is 0 Å². The number of imidazole rings is 1. The largest absolute Gasteiger partial charge is 0.383 e. The van der Waals surface area contributed by atoms with E-state index in [0.717, 1.165) is 22.3 Å². The molecule has 0 fully saturated rings. The number of amides is 1. The van der Waals surface area contributed by atoms with Gasteiger partial charge in [-0.25, -0.2) is 9.97 Å². The maximum atomic E-state index is 12.3. The molecular formula is C22H21N5O2. The number of pyridine rings is 1. The van der Waals surface area contributed by atoms with Crippen molar-refractivity contribution in [2.24, 2.45) is 0 Å². The monoisotopic (exact) mass is 387 g/mol. The van der Waals surface area contributed by atoms with Crippen LogP contribution in [0, 0.1) is 0 Å². The van der Waals surface area contributed by atoms with Crippen molar-refractivity contribution in [3.05, 3.63) is 72.4 Å². The van der Waals surface area contributed by atoms with Crippen LogP contribution >= 0.6 is 0 Å². The number of H-pyrrole nitrogens is 1. The Morgan fingerprint density at radius 2 is 1.97 bits per heavy atom. The number of hydrogen-bond donors (Lipinski definition) is 3. The zero-order valence-corrected chi connectivity index (χ0v) is 16.0. The van der Waals surface area contributed by atoms with Crippen molar-refractivity contribution in [2.75, 3.05) is 25.6 Å². The molecule has 3 N–H and O–H groups in total. The summed E-state index contributed by atoms with van der Waals surface area (Å²) in [4.78, 5) is 24.8. The maximum absolute atomic E-state index is 12.3. The van der Waals surface area contributed by atoms with Gasteiger partial charge < -0.3 is 20.4 Å². The van der Waals surface area contributed by atoms with E-state index in [1.807, 2.05) is 54.6 Å². The number of carbonyl (C=O) groups excluding carboxylic acids is 1. The molecule has 0 atom stereocenters. The second-order valence-corrected chi connectivity index (χ2v) is 6.46. The molecule has 0 unspecified atom stereocenters. The number of carbonyl (C=O) groups is 1. The Balaban J connectivity index is 1.62. The Morgan fingerprint density at radius 3 is 2.79 bits per heavy atom. The highest BCUT2D eigenvalue weighted by molar-refractivity contribution is 5.96. The molecule has 2 aromatic carbocycles. The maximum Gasteiger partial charge on any atom is 0.251 e. The molecule has 146 valence electrons. The van der Waals surface area contributed by atoms with Crippen LogP contribution in [0.2, 0.25) is 0 Å². The highest BCUT2D eigenvalue weighted by Crippen LogP contribution is 2.26. The minimum atomic E-state index is -0.145. The van der Waals surface area contributed by atoms with Crippen molar-refractivity contribution >= 4 is 28.4 Å². The summed E-state index contributed by atoms with van der Waals surface area (Å²) in [6.45, 7) is 0.934. The molecule has 7 nitrogen and oxygen atoms in total. The summed E-state index contributed by atoms with van der Waals surface area (Å²) >= 11 is 0. The lowest BCUT2D eigenvalue weighted by Crippen LogP contribution is -2.26. The first-order valence-corrected chi connectivity index (χ1v) is 9.29. The number of hydrogen-bond acceptors (Lipinski definition) is 5. The predicted octanol–water partition coefficient (Wildman–Crippen LogP) is 3.74. The summed E-state index contributed by atoms with van der Waals surface area (Å²) in [6, 6.07) is 19.1. The molecule has 4 rings (SSSR count). The fraction of sp³-hybridized carbons (Fsp3) is 0.136. The average molecular weight is 387 g/mol. The number of methoxy groups -OCH3 is 1.